The molecule has 2 nitrogen and oxygen atoms in total. The topological polar surface area (TPSA) is 25.8 Å². The zero-order chi connectivity index (χ0) is 11.0. The van der Waals surface area contributed by atoms with Crippen LogP contribution in [-0.2, 0) is 8.84 Å². The fourth-order valence-electron chi connectivity index (χ4n) is 1.06. The van der Waals surface area contributed by atoms with E-state index in [0.29, 0.717) is 0 Å². The molecule has 1 heterocycles. The van der Waals surface area contributed by atoms with E-state index >= 15 is 0 Å². The highest BCUT2D eigenvalue weighted by molar-refractivity contribution is 14.1. The molecule has 0 aliphatic heterocycles. The van der Waals surface area contributed by atoms with Crippen molar-refractivity contribution in [1.29, 1.82) is 0 Å². The summed E-state index contributed by atoms with van der Waals surface area (Å²) in [7, 11) is 0. The molecular formula is C11H17IN2. The van der Waals surface area contributed by atoms with Crippen molar-refractivity contribution in [3.63, 3.8) is 0 Å². The van der Waals surface area contributed by atoms with E-state index in [9.17, 15) is 0 Å². The summed E-state index contributed by atoms with van der Waals surface area (Å²) in [6, 6.07) is 1.99. The summed E-state index contributed by atoms with van der Waals surface area (Å²) in [6.45, 7) is 10.7. The molecule has 0 bridgehead atoms. The van der Waals surface area contributed by atoms with Crippen LogP contribution in [0.4, 0.5) is 0 Å². The summed E-state index contributed by atoms with van der Waals surface area (Å²) in [5.74, 6) is 0.908. The van der Waals surface area contributed by atoms with Crippen molar-refractivity contribution in [2.75, 3.05) is 0 Å². The Labute approximate surface area is 99.7 Å². The largest absolute Gasteiger partial charge is 0.240 e. The minimum atomic E-state index is -0.000972. The number of aromatic nitrogens is 2. The van der Waals surface area contributed by atoms with Crippen molar-refractivity contribution in [3.05, 3.63) is 23.8 Å². The lowest BCUT2D eigenvalue weighted by Gasteiger charge is -2.21. The van der Waals surface area contributed by atoms with Crippen molar-refractivity contribution < 1.29 is 0 Å². The average Bonchev–Trinajstić information content (AvgIpc) is 2.01. The number of rotatable bonds is 1. The highest BCUT2D eigenvalue weighted by Gasteiger charge is 2.22. The van der Waals surface area contributed by atoms with Crippen LogP contribution in [0, 0.1) is 0 Å². The number of hydrogen-bond donors (Lipinski definition) is 0. The molecule has 0 saturated heterocycles. The van der Waals surface area contributed by atoms with Crippen LogP contribution in [0.1, 0.15) is 46.1 Å². The normalized spacial score (nSPS) is 13.0. The highest BCUT2D eigenvalue weighted by atomic mass is 127. The predicted molar refractivity (Wildman–Crippen MR) is 67.8 cm³/mol. The third-order valence-electron chi connectivity index (χ3n) is 1.96. The maximum absolute atomic E-state index is 4.60. The molecule has 0 radical (unpaired) electrons. The van der Waals surface area contributed by atoms with E-state index < -0.39 is 0 Å². The first-order valence-corrected chi connectivity index (χ1v) is 5.82. The Balaban J connectivity index is 3.15. The molecule has 0 atom stereocenters. The third-order valence-corrected chi connectivity index (χ3v) is 2.44. The number of nitrogens with zero attached hydrogens (tertiary/aromatic N) is 2. The lowest BCUT2D eigenvalue weighted by molar-refractivity contribution is 0.556. The van der Waals surface area contributed by atoms with Crippen molar-refractivity contribution in [2.24, 2.45) is 0 Å². The lowest BCUT2D eigenvalue weighted by atomic mass is 9.92. The maximum Gasteiger partial charge on any atom is 0.143 e. The van der Waals surface area contributed by atoms with Crippen LogP contribution >= 0.6 is 22.6 Å². The second kappa shape index (κ2) is 3.76. The lowest BCUT2D eigenvalue weighted by Crippen LogP contribution is -2.19. The molecular weight excluding hydrogens is 287 g/mol. The summed E-state index contributed by atoms with van der Waals surface area (Å²) >= 11 is 2.36. The Morgan fingerprint density at radius 1 is 1.14 bits per heavy atom. The van der Waals surface area contributed by atoms with Crippen molar-refractivity contribution >= 4 is 22.6 Å². The first-order valence-electron chi connectivity index (χ1n) is 4.74. The molecule has 0 aromatic carbocycles. The van der Waals surface area contributed by atoms with Crippen molar-refractivity contribution in [1.82, 2.24) is 9.97 Å². The maximum atomic E-state index is 4.60. The molecule has 78 valence electrons. The van der Waals surface area contributed by atoms with Gasteiger partial charge in [-0.15, -0.1) is 0 Å². The first kappa shape index (κ1) is 11.9. The van der Waals surface area contributed by atoms with Gasteiger partial charge in [0, 0.05) is 17.3 Å². The van der Waals surface area contributed by atoms with Crippen molar-refractivity contribution in [3.8, 4) is 0 Å². The van der Waals surface area contributed by atoms with Crippen LogP contribution in [-0.4, -0.2) is 9.97 Å². The molecule has 0 saturated carbocycles. The van der Waals surface area contributed by atoms with E-state index in [2.05, 4.69) is 67.2 Å². The van der Waals surface area contributed by atoms with E-state index in [0.717, 1.165) is 11.5 Å². The van der Waals surface area contributed by atoms with Crippen LogP contribution in [0.3, 0.4) is 0 Å². The SMILES string of the molecule is CC(C)(C)c1ccnc(C(C)(C)I)n1. The summed E-state index contributed by atoms with van der Waals surface area (Å²) < 4.78 is -0.000972. The highest BCUT2D eigenvalue weighted by Crippen LogP contribution is 2.29. The monoisotopic (exact) mass is 304 g/mol. The summed E-state index contributed by atoms with van der Waals surface area (Å²) in [6.07, 6.45) is 1.85. The predicted octanol–water partition coefficient (Wildman–Crippen LogP) is 3.44. The summed E-state index contributed by atoms with van der Waals surface area (Å²) in [5.41, 5.74) is 1.20. The van der Waals surface area contributed by atoms with E-state index in [1.54, 1.807) is 0 Å². The van der Waals surface area contributed by atoms with Gasteiger partial charge in [0.15, 0.2) is 0 Å². The number of hydrogen-bond acceptors (Lipinski definition) is 2. The van der Waals surface area contributed by atoms with Crippen LogP contribution in [0.5, 0.6) is 0 Å². The van der Waals surface area contributed by atoms with E-state index in [1.165, 1.54) is 0 Å². The van der Waals surface area contributed by atoms with Crippen LogP contribution in [0.2, 0.25) is 0 Å². The molecule has 0 spiro atoms. The van der Waals surface area contributed by atoms with Crippen molar-refractivity contribution in [2.45, 2.75) is 43.5 Å². The van der Waals surface area contributed by atoms with Gasteiger partial charge in [0.2, 0.25) is 0 Å². The van der Waals surface area contributed by atoms with E-state index in [1.807, 2.05) is 12.3 Å². The minimum Gasteiger partial charge on any atom is -0.240 e. The molecule has 0 amide bonds. The molecule has 1 rings (SSSR count). The van der Waals surface area contributed by atoms with Gasteiger partial charge in [0.25, 0.3) is 0 Å². The molecule has 3 heteroatoms. The molecule has 1 aromatic rings. The molecule has 0 aliphatic rings. The fourth-order valence-corrected chi connectivity index (χ4v) is 1.32. The first-order chi connectivity index (χ1) is 6.21. The Morgan fingerprint density at radius 2 is 1.71 bits per heavy atom. The second-order valence-electron chi connectivity index (χ2n) is 4.99. The van der Waals surface area contributed by atoms with Gasteiger partial charge < -0.3 is 0 Å². The Morgan fingerprint density at radius 3 is 2.14 bits per heavy atom. The van der Waals surface area contributed by atoms with Gasteiger partial charge in [0.1, 0.15) is 5.82 Å². The molecule has 14 heavy (non-hydrogen) atoms. The Hall–Kier alpha value is -0.190. The molecule has 0 unspecified atom stereocenters. The fraction of sp³-hybridized carbons (Fsp3) is 0.636. The number of alkyl halides is 1. The Kier molecular flexibility index (Phi) is 3.19. The quantitative estimate of drug-likeness (QED) is 0.587. The van der Waals surface area contributed by atoms with E-state index in [4.69, 9.17) is 0 Å². The van der Waals surface area contributed by atoms with Crippen LogP contribution < -0.4 is 0 Å². The molecule has 0 N–H and O–H groups in total. The summed E-state index contributed by atoms with van der Waals surface area (Å²) in [4.78, 5) is 8.90. The Bertz CT molecular complexity index is 292. The molecule has 1 aromatic heterocycles. The molecule has 0 aliphatic carbocycles. The van der Waals surface area contributed by atoms with Gasteiger partial charge in [-0.2, -0.15) is 0 Å². The van der Waals surface area contributed by atoms with Crippen LogP contribution in [0.25, 0.3) is 0 Å². The van der Waals surface area contributed by atoms with Gasteiger partial charge in [-0.1, -0.05) is 43.4 Å². The van der Waals surface area contributed by atoms with Gasteiger partial charge in [-0.3, -0.25) is 0 Å². The van der Waals surface area contributed by atoms with Gasteiger partial charge in [-0.25, -0.2) is 9.97 Å². The van der Waals surface area contributed by atoms with Gasteiger partial charge in [0.05, 0.1) is 3.42 Å². The number of halogens is 1. The van der Waals surface area contributed by atoms with Gasteiger partial charge in [-0.05, 0) is 19.9 Å². The molecule has 0 fully saturated rings. The minimum absolute atomic E-state index is 0.000972. The third kappa shape index (κ3) is 2.90. The second-order valence-corrected chi connectivity index (χ2v) is 7.68. The standard InChI is InChI=1S/C11H17IN2/c1-10(2,3)8-6-7-13-9(14-8)11(4,5)12/h6-7H,1-5H3. The van der Waals surface area contributed by atoms with E-state index in [-0.39, 0.29) is 8.84 Å². The summed E-state index contributed by atoms with van der Waals surface area (Å²) in [5, 5.41) is 0. The smallest absolute Gasteiger partial charge is 0.143 e. The van der Waals surface area contributed by atoms with Crippen LogP contribution in [0.15, 0.2) is 12.3 Å². The zero-order valence-electron chi connectivity index (χ0n) is 9.43. The van der Waals surface area contributed by atoms with Gasteiger partial charge >= 0.3 is 0 Å². The average molecular weight is 304 g/mol. The zero-order valence-corrected chi connectivity index (χ0v) is 11.6.